The summed E-state index contributed by atoms with van der Waals surface area (Å²) in [5.41, 5.74) is 1.13. The zero-order chi connectivity index (χ0) is 13.7. The molecule has 6 heteroatoms. The fourth-order valence-electron chi connectivity index (χ4n) is 1.52. The summed E-state index contributed by atoms with van der Waals surface area (Å²) in [4.78, 5) is 22.7. The van der Waals surface area contributed by atoms with E-state index in [1.807, 2.05) is 13.0 Å². The van der Waals surface area contributed by atoms with Gasteiger partial charge in [-0.05, 0) is 30.3 Å². The molecule has 1 N–H and O–H groups in total. The first kappa shape index (κ1) is 13.3. The van der Waals surface area contributed by atoms with Crippen LogP contribution in [0.25, 0.3) is 0 Å². The fraction of sp³-hybridized carbons (Fsp3) is 0.231. The van der Waals surface area contributed by atoms with Crippen LogP contribution in [0.2, 0.25) is 0 Å². The Bertz CT molecular complexity index is 658. The summed E-state index contributed by atoms with van der Waals surface area (Å²) < 4.78 is 0. The molecule has 19 heavy (non-hydrogen) atoms. The molecule has 2 aromatic rings. The Labute approximate surface area is 114 Å². The van der Waals surface area contributed by atoms with E-state index in [0.29, 0.717) is 15.7 Å². The molecule has 2 heterocycles. The Morgan fingerprint density at radius 3 is 2.95 bits per heavy atom. The number of nitriles is 1. The zero-order valence-electron chi connectivity index (χ0n) is 10.4. The smallest absolute Gasteiger partial charge is 0.251 e. The van der Waals surface area contributed by atoms with E-state index in [2.05, 4.69) is 15.0 Å². The molecule has 0 saturated carbocycles. The highest BCUT2D eigenvalue weighted by Gasteiger charge is 2.04. The number of rotatable bonds is 4. The standard InChI is InChI=1S/C13H12N4OS/c1-2-3-10-6-11(18)17-13(16-10)19-12-5-4-9(7-14)8-15-12/h4-6,8H,2-3H2,1H3,(H,16,17,18). The average Bonchev–Trinajstić information content (AvgIpc) is 2.39. The van der Waals surface area contributed by atoms with Gasteiger partial charge in [0.2, 0.25) is 0 Å². The summed E-state index contributed by atoms with van der Waals surface area (Å²) >= 11 is 1.27. The van der Waals surface area contributed by atoms with E-state index in [4.69, 9.17) is 5.26 Å². The van der Waals surface area contributed by atoms with E-state index < -0.39 is 0 Å². The molecule has 5 nitrogen and oxygen atoms in total. The minimum absolute atomic E-state index is 0.158. The van der Waals surface area contributed by atoms with Gasteiger partial charge in [0, 0.05) is 18.0 Å². The molecule has 2 aromatic heterocycles. The molecule has 96 valence electrons. The molecule has 0 aliphatic rings. The van der Waals surface area contributed by atoms with Gasteiger partial charge >= 0.3 is 0 Å². The van der Waals surface area contributed by atoms with Crippen molar-refractivity contribution < 1.29 is 0 Å². The number of hydrogen-bond acceptors (Lipinski definition) is 5. The number of nitrogens with one attached hydrogen (secondary N) is 1. The van der Waals surface area contributed by atoms with E-state index in [1.165, 1.54) is 24.0 Å². The van der Waals surface area contributed by atoms with Gasteiger partial charge in [0.25, 0.3) is 5.56 Å². The van der Waals surface area contributed by atoms with Gasteiger partial charge in [-0.2, -0.15) is 5.26 Å². The fourth-order valence-corrected chi connectivity index (χ4v) is 2.28. The third-order valence-corrected chi connectivity index (χ3v) is 3.18. The van der Waals surface area contributed by atoms with Crippen LogP contribution in [0.4, 0.5) is 0 Å². The predicted octanol–water partition coefficient (Wildman–Crippen LogP) is 2.14. The maximum atomic E-state index is 11.5. The Morgan fingerprint density at radius 1 is 1.47 bits per heavy atom. The molecule has 0 amide bonds. The molecule has 0 aliphatic heterocycles. The predicted molar refractivity (Wildman–Crippen MR) is 71.9 cm³/mol. The van der Waals surface area contributed by atoms with Crippen molar-refractivity contribution in [2.75, 3.05) is 0 Å². The van der Waals surface area contributed by atoms with Gasteiger partial charge in [-0.25, -0.2) is 9.97 Å². The van der Waals surface area contributed by atoms with Crippen LogP contribution in [0.3, 0.4) is 0 Å². The van der Waals surface area contributed by atoms with Crippen LogP contribution >= 0.6 is 11.8 Å². The van der Waals surface area contributed by atoms with E-state index in [0.717, 1.165) is 18.5 Å². The first-order chi connectivity index (χ1) is 9.21. The summed E-state index contributed by atoms with van der Waals surface area (Å²) in [6.45, 7) is 2.04. The maximum absolute atomic E-state index is 11.5. The topological polar surface area (TPSA) is 82.4 Å². The van der Waals surface area contributed by atoms with Gasteiger partial charge in [-0.3, -0.25) is 4.79 Å². The van der Waals surface area contributed by atoms with E-state index >= 15 is 0 Å². The van der Waals surface area contributed by atoms with Crippen LogP contribution < -0.4 is 5.56 Å². The van der Waals surface area contributed by atoms with Crippen molar-refractivity contribution in [1.29, 1.82) is 5.26 Å². The number of nitrogens with zero attached hydrogens (tertiary/aromatic N) is 3. The van der Waals surface area contributed by atoms with Gasteiger partial charge in [0.15, 0.2) is 5.16 Å². The first-order valence-electron chi connectivity index (χ1n) is 5.85. The summed E-state index contributed by atoms with van der Waals surface area (Å²) in [7, 11) is 0. The van der Waals surface area contributed by atoms with Crippen molar-refractivity contribution in [2.24, 2.45) is 0 Å². The third-order valence-electron chi connectivity index (χ3n) is 2.35. The van der Waals surface area contributed by atoms with Gasteiger partial charge < -0.3 is 4.98 Å². The second kappa shape index (κ2) is 6.16. The van der Waals surface area contributed by atoms with Crippen LogP contribution in [-0.2, 0) is 6.42 Å². The SMILES string of the molecule is CCCc1cc(=O)[nH]c(Sc2ccc(C#N)cn2)n1. The van der Waals surface area contributed by atoms with Crippen LogP contribution in [0.5, 0.6) is 0 Å². The third kappa shape index (κ3) is 3.66. The highest BCUT2D eigenvalue weighted by Crippen LogP contribution is 2.21. The van der Waals surface area contributed by atoms with Crippen molar-refractivity contribution in [3.63, 3.8) is 0 Å². The number of hydrogen-bond donors (Lipinski definition) is 1. The van der Waals surface area contributed by atoms with Crippen molar-refractivity contribution in [3.8, 4) is 6.07 Å². The highest BCUT2D eigenvalue weighted by atomic mass is 32.2. The zero-order valence-corrected chi connectivity index (χ0v) is 11.2. The van der Waals surface area contributed by atoms with E-state index in [-0.39, 0.29) is 5.56 Å². The lowest BCUT2D eigenvalue weighted by Gasteiger charge is -2.02. The van der Waals surface area contributed by atoms with E-state index in [1.54, 1.807) is 12.1 Å². The summed E-state index contributed by atoms with van der Waals surface area (Å²) in [5, 5.41) is 9.91. The normalized spacial score (nSPS) is 10.1. The number of aromatic amines is 1. The van der Waals surface area contributed by atoms with Crippen LogP contribution in [0.15, 0.2) is 39.4 Å². The molecular weight excluding hydrogens is 260 g/mol. The molecule has 0 bridgehead atoms. The molecule has 2 rings (SSSR count). The van der Waals surface area contributed by atoms with Gasteiger partial charge in [0.05, 0.1) is 5.56 Å². The highest BCUT2D eigenvalue weighted by molar-refractivity contribution is 7.99. The van der Waals surface area contributed by atoms with Crippen molar-refractivity contribution >= 4 is 11.8 Å². The van der Waals surface area contributed by atoms with Crippen LogP contribution in [0.1, 0.15) is 24.6 Å². The minimum Gasteiger partial charge on any atom is -0.301 e. The average molecular weight is 272 g/mol. The Morgan fingerprint density at radius 2 is 2.32 bits per heavy atom. The van der Waals surface area contributed by atoms with Gasteiger partial charge in [-0.15, -0.1) is 0 Å². The Hall–Kier alpha value is -2.13. The molecule has 0 aromatic carbocycles. The lowest BCUT2D eigenvalue weighted by atomic mass is 10.2. The number of H-pyrrole nitrogens is 1. The molecule has 0 saturated heterocycles. The monoisotopic (exact) mass is 272 g/mol. The second-order valence-corrected chi connectivity index (χ2v) is 4.90. The van der Waals surface area contributed by atoms with E-state index in [9.17, 15) is 4.79 Å². The summed E-state index contributed by atoms with van der Waals surface area (Å²) in [5.74, 6) is 0. The second-order valence-electron chi connectivity index (χ2n) is 3.89. The molecule has 0 spiro atoms. The number of aromatic nitrogens is 3. The number of pyridine rings is 1. The summed E-state index contributed by atoms with van der Waals surface area (Å²) in [6, 6.07) is 6.94. The molecule has 0 radical (unpaired) electrons. The van der Waals surface area contributed by atoms with Crippen molar-refractivity contribution in [2.45, 2.75) is 29.9 Å². The summed E-state index contributed by atoms with van der Waals surface area (Å²) in [6.07, 6.45) is 3.21. The quantitative estimate of drug-likeness (QED) is 0.862. The molecular formula is C13H12N4OS. The van der Waals surface area contributed by atoms with Gasteiger partial charge in [-0.1, -0.05) is 13.3 Å². The molecule has 0 fully saturated rings. The number of aryl methyl sites for hydroxylation is 1. The molecule has 0 atom stereocenters. The van der Waals surface area contributed by atoms with Crippen molar-refractivity contribution in [1.82, 2.24) is 15.0 Å². The van der Waals surface area contributed by atoms with Crippen LogP contribution in [0, 0.1) is 11.3 Å². The first-order valence-corrected chi connectivity index (χ1v) is 6.67. The lowest BCUT2D eigenvalue weighted by Crippen LogP contribution is -2.09. The molecule has 0 aliphatic carbocycles. The minimum atomic E-state index is -0.158. The van der Waals surface area contributed by atoms with Crippen LogP contribution in [-0.4, -0.2) is 15.0 Å². The Kier molecular flexibility index (Phi) is 4.31. The van der Waals surface area contributed by atoms with Gasteiger partial charge in [0.1, 0.15) is 11.1 Å². The maximum Gasteiger partial charge on any atom is 0.251 e. The molecule has 0 unspecified atom stereocenters. The van der Waals surface area contributed by atoms with Crippen molar-refractivity contribution in [3.05, 3.63) is 46.0 Å². The largest absolute Gasteiger partial charge is 0.301 e. The Balaban J connectivity index is 2.22. The lowest BCUT2D eigenvalue weighted by molar-refractivity contribution is 0.815.